The number of anilines is 1. The van der Waals surface area contributed by atoms with E-state index < -0.39 is 0 Å². The lowest BCUT2D eigenvalue weighted by Gasteiger charge is -2.14. The van der Waals surface area contributed by atoms with Gasteiger partial charge < -0.3 is 10.2 Å². The first-order chi connectivity index (χ1) is 9.02. The van der Waals surface area contributed by atoms with Crippen molar-refractivity contribution in [2.45, 2.75) is 6.92 Å². The molecule has 0 aliphatic heterocycles. The Hall–Kier alpha value is -1.95. The van der Waals surface area contributed by atoms with Gasteiger partial charge in [-0.3, -0.25) is 14.9 Å². The highest BCUT2D eigenvalue weighted by atomic mass is 19.1. The molecule has 1 rings (SSSR count). The van der Waals surface area contributed by atoms with Crippen molar-refractivity contribution in [2.24, 2.45) is 0 Å². The van der Waals surface area contributed by atoms with Crippen LogP contribution in [0, 0.1) is 5.82 Å². The largest absolute Gasteiger partial charge is 0.345 e. The summed E-state index contributed by atoms with van der Waals surface area (Å²) < 4.78 is 12.7. The lowest BCUT2D eigenvalue weighted by Crippen LogP contribution is -2.38. The van der Waals surface area contributed by atoms with E-state index in [1.165, 1.54) is 24.3 Å². The molecular formula is C13H18FN3O2. The van der Waals surface area contributed by atoms with E-state index in [9.17, 15) is 14.0 Å². The molecule has 0 spiro atoms. The highest BCUT2D eigenvalue weighted by Crippen LogP contribution is 2.07. The topological polar surface area (TPSA) is 61.4 Å². The average Bonchev–Trinajstić information content (AvgIpc) is 2.40. The average molecular weight is 267 g/mol. The summed E-state index contributed by atoms with van der Waals surface area (Å²) in [7, 11) is 1.70. The van der Waals surface area contributed by atoms with E-state index >= 15 is 0 Å². The summed E-state index contributed by atoms with van der Waals surface area (Å²) in [4.78, 5) is 24.5. The molecule has 0 aromatic heterocycles. The lowest BCUT2D eigenvalue weighted by atomic mass is 10.3. The third-order valence-corrected chi connectivity index (χ3v) is 2.59. The van der Waals surface area contributed by atoms with Gasteiger partial charge in [0.25, 0.3) is 0 Å². The zero-order valence-electron chi connectivity index (χ0n) is 11.1. The van der Waals surface area contributed by atoms with Crippen molar-refractivity contribution in [3.63, 3.8) is 0 Å². The van der Waals surface area contributed by atoms with E-state index in [1.807, 2.05) is 6.92 Å². The van der Waals surface area contributed by atoms with Gasteiger partial charge in [-0.25, -0.2) is 4.39 Å². The van der Waals surface area contributed by atoms with Crippen LogP contribution < -0.4 is 10.6 Å². The molecule has 2 amide bonds. The number of hydrogen-bond acceptors (Lipinski definition) is 3. The molecular weight excluding hydrogens is 249 g/mol. The molecule has 0 bridgehead atoms. The number of likely N-dealkylation sites (N-methyl/N-ethyl adjacent to an activating group) is 1. The number of benzene rings is 1. The Bertz CT molecular complexity index is 434. The van der Waals surface area contributed by atoms with E-state index in [4.69, 9.17) is 0 Å². The predicted octanol–water partition coefficient (Wildman–Crippen LogP) is 0.832. The lowest BCUT2D eigenvalue weighted by molar-refractivity contribution is -0.128. The zero-order chi connectivity index (χ0) is 14.3. The van der Waals surface area contributed by atoms with E-state index in [2.05, 4.69) is 10.6 Å². The summed E-state index contributed by atoms with van der Waals surface area (Å²) in [6.45, 7) is 2.64. The van der Waals surface area contributed by atoms with Gasteiger partial charge in [0, 0.05) is 19.3 Å². The Morgan fingerprint density at radius 1 is 1.21 bits per heavy atom. The number of halogens is 1. The fourth-order valence-corrected chi connectivity index (χ4v) is 1.33. The van der Waals surface area contributed by atoms with E-state index in [0.717, 1.165) is 0 Å². The Morgan fingerprint density at radius 2 is 1.84 bits per heavy atom. The van der Waals surface area contributed by atoms with Gasteiger partial charge >= 0.3 is 0 Å². The predicted molar refractivity (Wildman–Crippen MR) is 71.2 cm³/mol. The van der Waals surface area contributed by atoms with Gasteiger partial charge in [-0.1, -0.05) is 0 Å². The van der Waals surface area contributed by atoms with Gasteiger partial charge in [0.05, 0.1) is 13.1 Å². The second kappa shape index (κ2) is 7.48. The molecule has 0 atom stereocenters. The molecule has 19 heavy (non-hydrogen) atoms. The quantitative estimate of drug-likeness (QED) is 0.802. The standard InChI is InChI=1S/C13H18FN3O2/c1-3-17(2)13(19)9-15-8-12(18)16-11-6-4-10(14)5-7-11/h4-7,15H,3,8-9H2,1-2H3,(H,16,18). The number of carbonyl (C=O) groups is 2. The van der Waals surface area contributed by atoms with E-state index in [0.29, 0.717) is 12.2 Å². The molecule has 0 aliphatic rings. The van der Waals surface area contributed by atoms with Crippen molar-refractivity contribution < 1.29 is 14.0 Å². The molecule has 0 fully saturated rings. The SMILES string of the molecule is CCN(C)C(=O)CNCC(=O)Nc1ccc(F)cc1. The fraction of sp³-hybridized carbons (Fsp3) is 0.385. The monoisotopic (exact) mass is 267 g/mol. The molecule has 0 unspecified atom stereocenters. The van der Waals surface area contributed by atoms with Crippen molar-refractivity contribution in [2.75, 3.05) is 32.0 Å². The van der Waals surface area contributed by atoms with Gasteiger partial charge in [0.2, 0.25) is 11.8 Å². The van der Waals surface area contributed by atoms with Crippen LogP contribution in [0.4, 0.5) is 10.1 Å². The minimum Gasteiger partial charge on any atom is -0.345 e. The maximum absolute atomic E-state index is 12.7. The number of rotatable bonds is 6. The molecule has 0 heterocycles. The van der Waals surface area contributed by atoms with Gasteiger partial charge in [-0.05, 0) is 31.2 Å². The summed E-state index contributed by atoms with van der Waals surface area (Å²) >= 11 is 0. The fourth-order valence-electron chi connectivity index (χ4n) is 1.33. The Morgan fingerprint density at radius 3 is 2.42 bits per heavy atom. The van der Waals surface area contributed by atoms with Crippen LogP contribution in [0.2, 0.25) is 0 Å². The first-order valence-electron chi connectivity index (χ1n) is 6.03. The summed E-state index contributed by atoms with van der Waals surface area (Å²) in [5, 5.41) is 5.35. The smallest absolute Gasteiger partial charge is 0.238 e. The van der Waals surface area contributed by atoms with Crippen molar-refractivity contribution in [1.29, 1.82) is 0 Å². The first kappa shape index (κ1) is 15.1. The Balaban J connectivity index is 2.28. The van der Waals surface area contributed by atoms with Gasteiger partial charge in [0.15, 0.2) is 0 Å². The third kappa shape index (κ3) is 5.48. The maximum Gasteiger partial charge on any atom is 0.238 e. The minimum atomic E-state index is -0.357. The molecule has 0 radical (unpaired) electrons. The molecule has 6 heteroatoms. The number of amides is 2. The molecule has 1 aromatic rings. The molecule has 2 N–H and O–H groups in total. The molecule has 1 aromatic carbocycles. The normalized spacial score (nSPS) is 10.1. The van der Waals surface area contributed by atoms with Crippen molar-refractivity contribution in [3.8, 4) is 0 Å². The molecule has 0 saturated heterocycles. The van der Waals surface area contributed by atoms with Crippen LogP contribution in [0.3, 0.4) is 0 Å². The number of hydrogen-bond donors (Lipinski definition) is 2. The van der Waals surface area contributed by atoms with Crippen molar-refractivity contribution in [1.82, 2.24) is 10.2 Å². The Labute approximate surface area is 111 Å². The van der Waals surface area contributed by atoms with E-state index in [1.54, 1.807) is 11.9 Å². The van der Waals surface area contributed by atoms with Crippen LogP contribution in [-0.4, -0.2) is 43.4 Å². The zero-order valence-corrected chi connectivity index (χ0v) is 11.1. The number of nitrogens with one attached hydrogen (secondary N) is 2. The van der Waals surface area contributed by atoms with Gasteiger partial charge in [-0.2, -0.15) is 0 Å². The molecule has 0 saturated carbocycles. The first-order valence-corrected chi connectivity index (χ1v) is 6.03. The molecule has 104 valence electrons. The second-order valence-corrected chi connectivity index (χ2v) is 4.07. The van der Waals surface area contributed by atoms with Crippen LogP contribution >= 0.6 is 0 Å². The minimum absolute atomic E-state index is 0.0284. The van der Waals surface area contributed by atoms with Crippen LogP contribution in [0.5, 0.6) is 0 Å². The summed E-state index contributed by atoms with van der Waals surface area (Å²) in [6, 6.07) is 5.48. The summed E-state index contributed by atoms with van der Waals surface area (Å²) in [5.74, 6) is -0.708. The maximum atomic E-state index is 12.7. The third-order valence-electron chi connectivity index (χ3n) is 2.59. The Kier molecular flexibility index (Phi) is 5.95. The summed E-state index contributed by atoms with van der Waals surface area (Å²) in [5.41, 5.74) is 0.519. The molecule has 0 aliphatic carbocycles. The molecule has 5 nitrogen and oxygen atoms in total. The van der Waals surface area contributed by atoms with E-state index in [-0.39, 0.29) is 30.7 Å². The number of carbonyl (C=O) groups excluding carboxylic acids is 2. The van der Waals surface area contributed by atoms with Crippen molar-refractivity contribution >= 4 is 17.5 Å². The summed E-state index contributed by atoms with van der Waals surface area (Å²) in [6.07, 6.45) is 0. The van der Waals surface area contributed by atoms with Crippen LogP contribution in [0.1, 0.15) is 6.92 Å². The van der Waals surface area contributed by atoms with Crippen molar-refractivity contribution in [3.05, 3.63) is 30.1 Å². The van der Waals surface area contributed by atoms with Gasteiger partial charge in [0.1, 0.15) is 5.82 Å². The number of nitrogens with zero attached hydrogens (tertiary/aromatic N) is 1. The highest BCUT2D eigenvalue weighted by Gasteiger charge is 2.07. The van der Waals surface area contributed by atoms with Gasteiger partial charge in [-0.15, -0.1) is 0 Å². The highest BCUT2D eigenvalue weighted by molar-refractivity contribution is 5.92. The second-order valence-electron chi connectivity index (χ2n) is 4.07. The van der Waals surface area contributed by atoms with Crippen LogP contribution in [0.15, 0.2) is 24.3 Å². The van der Waals surface area contributed by atoms with Crippen LogP contribution in [0.25, 0.3) is 0 Å². The van der Waals surface area contributed by atoms with Crippen LogP contribution in [-0.2, 0) is 9.59 Å².